The SMILES string of the molecule is O=C(NCCSc1nnnn1C1CCCC1)OCC(F)(F)F. The highest BCUT2D eigenvalue weighted by Crippen LogP contribution is 2.31. The number of tetrazole rings is 1. The molecule has 1 saturated carbocycles. The number of aromatic nitrogens is 4. The Morgan fingerprint density at radius 1 is 1.41 bits per heavy atom. The predicted molar refractivity (Wildman–Crippen MR) is 71.5 cm³/mol. The molecular formula is C11H16F3N5O2S. The van der Waals surface area contributed by atoms with Gasteiger partial charge in [0.15, 0.2) is 6.61 Å². The lowest BCUT2D eigenvalue weighted by molar-refractivity contribution is -0.160. The van der Waals surface area contributed by atoms with Crippen LogP contribution in [0.3, 0.4) is 0 Å². The Morgan fingerprint density at radius 3 is 2.82 bits per heavy atom. The number of carbonyl (C=O) groups is 1. The van der Waals surface area contributed by atoms with Gasteiger partial charge >= 0.3 is 12.3 Å². The van der Waals surface area contributed by atoms with Gasteiger partial charge in [0.1, 0.15) is 0 Å². The second-order valence-corrected chi connectivity index (χ2v) is 5.87. The number of alkyl halides is 3. The Hall–Kier alpha value is -1.52. The Morgan fingerprint density at radius 2 is 2.14 bits per heavy atom. The molecule has 1 fully saturated rings. The number of ether oxygens (including phenoxy) is 1. The van der Waals surface area contributed by atoms with Gasteiger partial charge in [0, 0.05) is 12.3 Å². The molecule has 0 bridgehead atoms. The number of rotatable bonds is 6. The fourth-order valence-corrected chi connectivity index (χ4v) is 2.95. The van der Waals surface area contributed by atoms with Crippen LogP contribution in [0.5, 0.6) is 0 Å². The molecule has 0 radical (unpaired) electrons. The van der Waals surface area contributed by atoms with Crippen molar-refractivity contribution in [3.8, 4) is 0 Å². The Kier molecular flexibility index (Phi) is 5.86. The standard InChI is InChI=1S/C11H16F3N5O2S/c12-11(13,14)7-21-10(20)15-5-6-22-9-16-17-18-19(9)8-3-1-2-4-8/h8H,1-7H2,(H,15,20). The summed E-state index contributed by atoms with van der Waals surface area (Å²) in [5, 5.41) is 14.4. The molecule has 1 amide bonds. The van der Waals surface area contributed by atoms with E-state index in [0.717, 1.165) is 25.7 Å². The average Bonchev–Trinajstić information content (AvgIpc) is 3.10. The van der Waals surface area contributed by atoms with E-state index in [-0.39, 0.29) is 6.54 Å². The van der Waals surface area contributed by atoms with Crippen LogP contribution in [0.1, 0.15) is 31.7 Å². The summed E-state index contributed by atoms with van der Waals surface area (Å²) in [4.78, 5) is 11.0. The number of hydrogen-bond donors (Lipinski definition) is 1. The summed E-state index contributed by atoms with van der Waals surface area (Å²) < 4.78 is 41.3. The smallest absolute Gasteiger partial charge is 0.422 e. The Labute approximate surface area is 129 Å². The first kappa shape index (κ1) is 16.8. The molecule has 0 aromatic carbocycles. The van der Waals surface area contributed by atoms with Crippen molar-refractivity contribution < 1.29 is 22.7 Å². The number of carbonyl (C=O) groups excluding carboxylic acids is 1. The topological polar surface area (TPSA) is 81.9 Å². The van der Waals surface area contributed by atoms with Crippen molar-refractivity contribution >= 4 is 17.9 Å². The lowest BCUT2D eigenvalue weighted by atomic mass is 10.3. The third kappa shape index (κ3) is 5.35. The summed E-state index contributed by atoms with van der Waals surface area (Å²) in [5.74, 6) is 0.439. The van der Waals surface area contributed by atoms with Crippen molar-refractivity contribution in [2.75, 3.05) is 18.9 Å². The molecule has 0 atom stereocenters. The number of hydrogen-bond acceptors (Lipinski definition) is 6. The Balaban J connectivity index is 1.67. The van der Waals surface area contributed by atoms with Crippen LogP contribution in [0.4, 0.5) is 18.0 Å². The molecule has 1 heterocycles. The normalized spacial score (nSPS) is 16.0. The number of thioether (sulfide) groups is 1. The number of alkyl carbamates (subject to hydrolysis) is 1. The Bertz CT molecular complexity index is 490. The zero-order valence-corrected chi connectivity index (χ0v) is 12.5. The fourth-order valence-electron chi connectivity index (χ4n) is 2.15. The highest BCUT2D eigenvalue weighted by molar-refractivity contribution is 7.99. The maximum Gasteiger partial charge on any atom is 0.422 e. The van der Waals surface area contributed by atoms with Gasteiger partial charge in [0.25, 0.3) is 0 Å². The third-order valence-corrected chi connectivity index (χ3v) is 4.04. The van der Waals surface area contributed by atoms with Gasteiger partial charge in [-0.3, -0.25) is 0 Å². The molecule has 22 heavy (non-hydrogen) atoms. The van der Waals surface area contributed by atoms with Crippen molar-refractivity contribution in [1.82, 2.24) is 25.5 Å². The summed E-state index contributed by atoms with van der Waals surface area (Å²) in [6, 6.07) is 0.308. The summed E-state index contributed by atoms with van der Waals surface area (Å²) in [6.07, 6.45) is -1.22. The lowest BCUT2D eigenvalue weighted by Crippen LogP contribution is -2.30. The summed E-state index contributed by atoms with van der Waals surface area (Å²) >= 11 is 1.34. The van der Waals surface area contributed by atoms with Crippen LogP contribution in [0.25, 0.3) is 0 Å². The maximum absolute atomic E-state index is 11.8. The zero-order chi connectivity index (χ0) is 16.0. The largest absolute Gasteiger partial charge is 0.440 e. The first-order valence-electron chi connectivity index (χ1n) is 6.84. The van der Waals surface area contributed by atoms with Crippen molar-refractivity contribution in [2.45, 2.75) is 43.1 Å². The van der Waals surface area contributed by atoms with Crippen LogP contribution in [0.2, 0.25) is 0 Å². The molecule has 0 aliphatic heterocycles. The lowest BCUT2D eigenvalue weighted by Gasteiger charge is -2.11. The van der Waals surface area contributed by atoms with Gasteiger partial charge in [-0.25, -0.2) is 9.48 Å². The first-order chi connectivity index (χ1) is 10.5. The molecule has 1 aliphatic rings. The van der Waals surface area contributed by atoms with Crippen molar-refractivity contribution in [2.24, 2.45) is 0 Å². The van der Waals surface area contributed by atoms with Gasteiger partial charge < -0.3 is 10.1 Å². The fraction of sp³-hybridized carbons (Fsp3) is 0.818. The second kappa shape index (κ2) is 7.65. The average molecular weight is 339 g/mol. The summed E-state index contributed by atoms with van der Waals surface area (Å²) in [5.41, 5.74) is 0. The second-order valence-electron chi connectivity index (χ2n) is 4.81. The highest BCUT2D eigenvalue weighted by atomic mass is 32.2. The van der Waals surface area contributed by atoms with Crippen molar-refractivity contribution in [3.05, 3.63) is 0 Å². The maximum atomic E-state index is 11.8. The molecule has 0 spiro atoms. The van der Waals surface area contributed by atoms with Crippen LogP contribution in [-0.2, 0) is 4.74 Å². The van der Waals surface area contributed by atoms with Gasteiger partial charge in [-0.15, -0.1) is 5.10 Å². The number of amides is 1. The molecule has 1 aliphatic carbocycles. The highest BCUT2D eigenvalue weighted by Gasteiger charge is 2.29. The van der Waals surface area contributed by atoms with E-state index < -0.39 is 18.9 Å². The molecule has 124 valence electrons. The zero-order valence-electron chi connectivity index (χ0n) is 11.7. The molecule has 11 heteroatoms. The minimum absolute atomic E-state index is 0.166. The van der Waals surface area contributed by atoms with Crippen molar-refractivity contribution in [1.29, 1.82) is 0 Å². The van der Waals surface area contributed by atoms with E-state index >= 15 is 0 Å². The van der Waals surface area contributed by atoms with E-state index in [1.165, 1.54) is 11.8 Å². The molecule has 0 unspecified atom stereocenters. The number of nitrogens with zero attached hydrogens (tertiary/aromatic N) is 4. The molecule has 0 saturated heterocycles. The molecule has 2 rings (SSSR count). The monoisotopic (exact) mass is 339 g/mol. The summed E-state index contributed by atoms with van der Waals surface area (Å²) in [6.45, 7) is -1.43. The van der Waals surface area contributed by atoms with E-state index in [0.29, 0.717) is 17.0 Å². The van der Waals surface area contributed by atoms with Crippen molar-refractivity contribution in [3.63, 3.8) is 0 Å². The van der Waals surface area contributed by atoms with Gasteiger partial charge in [-0.2, -0.15) is 13.2 Å². The minimum Gasteiger partial charge on any atom is -0.440 e. The van der Waals surface area contributed by atoms with Crippen LogP contribution in [0, 0.1) is 0 Å². The third-order valence-electron chi connectivity index (χ3n) is 3.10. The van der Waals surface area contributed by atoms with E-state index in [1.807, 2.05) is 0 Å². The van der Waals surface area contributed by atoms with E-state index in [2.05, 4.69) is 25.6 Å². The quantitative estimate of drug-likeness (QED) is 0.632. The molecule has 7 nitrogen and oxygen atoms in total. The van der Waals surface area contributed by atoms with Crippen LogP contribution >= 0.6 is 11.8 Å². The van der Waals surface area contributed by atoms with E-state index in [9.17, 15) is 18.0 Å². The molecular weight excluding hydrogens is 323 g/mol. The van der Waals surface area contributed by atoms with Crippen LogP contribution < -0.4 is 5.32 Å². The van der Waals surface area contributed by atoms with Gasteiger partial charge in [-0.1, -0.05) is 24.6 Å². The summed E-state index contributed by atoms with van der Waals surface area (Å²) in [7, 11) is 0. The van der Waals surface area contributed by atoms with Gasteiger partial charge in [-0.05, 0) is 23.3 Å². The number of halogens is 3. The van der Waals surface area contributed by atoms with Gasteiger partial charge in [0.2, 0.25) is 5.16 Å². The van der Waals surface area contributed by atoms with E-state index in [1.54, 1.807) is 4.68 Å². The number of nitrogens with one attached hydrogen (secondary N) is 1. The molecule has 1 aromatic heterocycles. The van der Waals surface area contributed by atoms with Crippen LogP contribution in [0.15, 0.2) is 5.16 Å². The minimum atomic E-state index is -4.52. The van der Waals surface area contributed by atoms with Gasteiger partial charge in [0.05, 0.1) is 6.04 Å². The molecule has 1 N–H and O–H groups in total. The van der Waals surface area contributed by atoms with Crippen LogP contribution in [-0.4, -0.2) is 51.4 Å². The van der Waals surface area contributed by atoms with E-state index in [4.69, 9.17) is 0 Å². The first-order valence-corrected chi connectivity index (χ1v) is 7.82. The predicted octanol–water partition coefficient (Wildman–Crippen LogP) is 2.17. The molecule has 1 aromatic rings.